The molecular weight excluding hydrogens is 250 g/mol. The van der Waals surface area contributed by atoms with Gasteiger partial charge in [0, 0.05) is 0 Å². The van der Waals surface area contributed by atoms with Gasteiger partial charge >= 0.3 is 4.99 Å². The Morgan fingerprint density at radius 2 is 2.22 bits per heavy atom. The van der Waals surface area contributed by atoms with Crippen molar-refractivity contribution in [1.82, 2.24) is 0 Å². The van der Waals surface area contributed by atoms with Crippen LogP contribution in [0.5, 0.6) is 0 Å². The van der Waals surface area contributed by atoms with Gasteiger partial charge in [0.25, 0.3) is 0 Å². The molecule has 2 rings (SSSR count). The fourth-order valence-corrected chi connectivity index (χ4v) is 2.58. The maximum Gasteiger partial charge on any atom is 0.384 e. The summed E-state index contributed by atoms with van der Waals surface area (Å²) in [5.74, 6) is -0.303. The van der Waals surface area contributed by atoms with Crippen molar-refractivity contribution < 1.29 is 4.92 Å². The minimum atomic E-state index is -1.36. The predicted octanol–water partition coefficient (Wildman–Crippen LogP) is 3.08. The molecule has 18 heavy (non-hydrogen) atoms. The van der Waals surface area contributed by atoms with Crippen molar-refractivity contribution in [3.8, 4) is 0 Å². The van der Waals surface area contributed by atoms with Crippen LogP contribution in [-0.4, -0.2) is 22.7 Å². The Bertz CT molecular complexity index is 489. The van der Waals surface area contributed by atoms with E-state index in [4.69, 9.17) is 0 Å². The molecule has 0 aromatic heterocycles. The summed E-state index contributed by atoms with van der Waals surface area (Å²) in [6.07, 6.45) is 5.40. The summed E-state index contributed by atoms with van der Waals surface area (Å²) in [6, 6.07) is 9.69. The van der Waals surface area contributed by atoms with Crippen LogP contribution in [-0.2, 0) is 0 Å². The lowest BCUT2D eigenvalue weighted by Crippen LogP contribution is -2.37. The van der Waals surface area contributed by atoms with Gasteiger partial charge in [0.2, 0.25) is 0 Å². The summed E-state index contributed by atoms with van der Waals surface area (Å²) < 4.78 is 0. The van der Waals surface area contributed by atoms with Crippen molar-refractivity contribution in [3.63, 3.8) is 0 Å². The molecule has 1 aromatic rings. The molecule has 2 atom stereocenters. The quantitative estimate of drug-likeness (QED) is 0.476. The van der Waals surface area contributed by atoms with Gasteiger partial charge in [-0.1, -0.05) is 54.2 Å². The molecule has 0 aliphatic carbocycles. The van der Waals surface area contributed by atoms with Gasteiger partial charge in [-0.3, -0.25) is 10.1 Å². The second-order valence-electron chi connectivity index (χ2n) is 3.92. The highest BCUT2D eigenvalue weighted by Crippen LogP contribution is 2.39. The van der Waals surface area contributed by atoms with E-state index in [0.29, 0.717) is 6.54 Å². The highest BCUT2D eigenvalue weighted by molar-refractivity contribution is 7.99. The monoisotopic (exact) mass is 263 g/mol. The zero-order valence-electron chi connectivity index (χ0n) is 9.89. The van der Waals surface area contributed by atoms with Gasteiger partial charge < -0.3 is 0 Å². The first-order valence-electron chi connectivity index (χ1n) is 5.50. The number of rotatable bonds is 4. The topological polar surface area (TPSA) is 67.9 Å². The van der Waals surface area contributed by atoms with Gasteiger partial charge in [-0.2, -0.15) is 5.11 Å². The zero-order chi connectivity index (χ0) is 13.0. The number of thioether (sulfide) groups is 1. The molecule has 1 aromatic carbocycles. The molecule has 0 fully saturated rings. The molecule has 0 amide bonds. The van der Waals surface area contributed by atoms with Crippen LogP contribution in [0.4, 0.5) is 0 Å². The minimum Gasteiger partial charge on any atom is -0.261 e. The van der Waals surface area contributed by atoms with E-state index in [0.717, 1.165) is 17.3 Å². The molecule has 0 unspecified atom stereocenters. The Kier molecular flexibility index (Phi) is 3.76. The molecule has 5 nitrogen and oxygen atoms in total. The lowest BCUT2D eigenvalue weighted by atomic mass is 10.1. The molecular formula is C12H13N3O2S. The summed E-state index contributed by atoms with van der Waals surface area (Å²) >= 11 is 1.12. The first-order valence-corrected chi connectivity index (χ1v) is 6.73. The molecule has 6 heteroatoms. The van der Waals surface area contributed by atoms with Crippen LogP contribution < -0.4 is 0 Å². The third-order valence-electron chi connectivity index (χ3n) is 2.86. The third kappa shape index (κ3) is 2.28. The third-order valence-corrected chi connectivity index (χ3v) is 3.99. The molecule has 0 bridgehead atoms. The van der Waals surface area contributed by atoms with E-state index in [-0.39, 0.29) is 10.8 Å². The highest BCUT2D eigenvalue weighted by atomic mass is 32.2. The van der Waals surface area contributed by atoms with Crippen LogP contribution in [0.25, 0.3) is 6.08 Å². The number of nitrogens with zero attached hydrogens (tertiary/aromatic N) is 3. The summed E-state index contributed by atoms with van der Waals surface area (Å²) in [7, 11) is 0. The predicted molar refractivity (Wildman–Crippen MR) is 71.9 cm³/mol. The first kappa shape index (κ1) is 12.8. The van der Waals surface area contributed by atoms with Gasteiger partial charge in [-0.05, 0) is 11.8 Å². The number of nitro groups is 1. The van der Waals surface area contributed by atoms with Gasteiger partial charge in [0.1, 0.15) is 5.92 Å². The number of hydrogen-bond donors (Lipinski definition) is 0. The van der Waals surface area contributed by atoms with E-state index in [1.807, 2.05) is 42.5 Å². The first-order chi connectivity index (χ1) is 8.69. The van der Waals surface area contributed by atoms with Crippen LogP contribution in [0.15, 0.2) is 46.6 Å². The molecule has 0 saturated carbocycles. The standard InChI is InChI=1S/C12H13N3O2S/c1-18-12(15(16)17)11(9-13-14-12)8-7-10-5-3-2-4-6-10/h2-8,11H,9H2,1H3/b8-7+/t11-,12-/m0/s1. The Hall–Kier alpha value is -1.69. The van der Waals surface area contributed by atoms with E-state index in [1.54, 1.807) is 6.26 Å². The van der Waals surface area contributed by atoms with Crippen molar-refractivity contribution in [2.24, 2.45) is 16.1 Å². The van der Waals surface area contributed by atoms with Gasteiger partial charge in [-0.15, -0.1) is 5.11 Å². The Morgan fingerprint density at radius 1 is 1.50 bits per heavy atom. The van der Waals surface area contributed by atoms with Crippen LogP contribution in [0.3, 0.4) is 0 Å². The lowest BCUT2D eigenvalue weighted by Gasteiger charge is -2.18. The van der Waals surface area contributed by atoms with Crippen LogP contribution in [0, 0.1) is 16.0 Å². The van der Waals surface area contributed by atoms with E-state index in [2.05, 4.69) is 10.2 Å². The maximum atomic E-state index is 11.2. The van der Waals surface area contributed by atoms with Crippen molar-refractivity contribution in [2.75, 3.05) is 12.8 Å². The van der Waals surface area contributed by atoms with Gasteiger partial charge in [-0.25, -0.2) is 0 Å². The molecule has 1 heterocycles. The fourth-order valence-electron chi connectivity index (χ4n) is 1.84. The van der Waals surface area contributed by atoms with E-state index in [9.17, 15) is 10.1 Å². The van der Waals surface area contributed by atoms with Crippen LogP contribution in [0.1, 0.15) is 5.56 Å². The molecule has 94 valence electrons. The molecule has 0 spiro atoms. The normalized spacial score (nSPS) is 26.8. The maximum absolute atomic E-state index is 11.2. The average Bonchev–Trinajstić information content (AvgIpc) is 2.81. The summed E-state index contributed by atoms with van der Waals surface area (Å²) in [5.41, 5.74) is 1.02. The van der Waals surface area contributed by atoms with Crippen molar-refractivity contribution >= 4 is 17.8 Å². The summed E-state index contributed by atoms with van der Waals surface area (Å²) in [6.45, 7) is 0.366. The highest BCUT2D eigenvalue weighted by Gasteiger charge is 2.52. The van der Waals surface area contributed by atoms with E-state index < -0.39 is 4.99 Å². The summed E-state index contributed by atoms with van der Waals surface area (Å²) in [4.78, 5) is 9.46. The molecule has 0 N–H and O–H groups in total. The zero-order valence-corrected chi connectivity index (χ0v) is 10.7. The molecule has 0 saturated heterocycles. The second-order valence-corrected chi connectivity index (χ2v) is 4.93. The number of azo groups is 1. The molecule has 1 aliphatic heterocycles. The average molecular weight is 263 g/mol. The van der Waals surface area contributed by atoms with E-state index >= 15 is 0 Å². The van der Waals surface area contributed by atoms with Crippen LogP contribution >= 0.6 is 11.8 Å². The Balaban J connectivity index is 2.19. The smallest absolute Gasteiger partial charge is 0.261 e. The van der Waals surface area contributed by atoms with Crippen LogP contribution in [0.2, 0.25) is 0 Å². The molecule has 0 radical (unpaired) electrons. The Morgan fingerprint density at radius 3 is 2.83 bits per heavy atom. The van der Waals surface area contributed by atoms with Crippen molar-refractivity contribution in [3.05, 3.63) is 52.1 Å². The van der Waals surface area contributed by atoms with Gasteiger partial charge in [0.15, 0.2) is 0 Å². The van der Waals surface area contributed by atoms with Gasteiger partial charge in [0.05, 0.1) is 11.5 Å². The second kappa shape index (κ2) is 5.30. The fraction of sp³-hybridized carbons (Fsp3) is 0.333. The number of hydrogen-bond acceptors (Lipinski definition) is 5. The van der Waals surface area contributed by atoms with E-state index in [1.165, 1.54) is 0 Å². The number of benzene rings is 1. The largest absolute Gasteiger partial charge is 0.384 e. The summed E-state index contributed by atoms with van der Waals surface area (Å²) in [5, 5.41) is 18.8. The lowest BCUT2D eigenvalue weighted by molar-refractivity contribution is -0.541. The molecule has 1 aliphatic rings. The minimum absolute atomic E-state index is 0.303. The Labute approximate surface area is 109 Å². The SMILES string of the molecule is CS[C@]1([N+](=O)[O-])N=NC[C@@H]1/C=C/c1ccccc1. The van der Waals surface area contributed by atoms with Crippen molar-refractivity contribution in [2.45, 2.75) is 4.99 Å². The van der Waals surface area contributed by atoms with Crippen molar-refractivity contribution in [1.29, 1.82) is 0 Å².